The van der Waals surface area contributed by atoms with Gasteiger partial charge in [0.15, 0.2) is 0 Å². The van der Waals surface area contributed by atoms with Gasteiger partial charge in [-0.15, -0.1) is 0 Å². The summed E-state index contributed by atoms with van der Waals surface area (Å²) in [6.07, 6.45) is 1.81. The van der Waals surface area contributed by atoms with Gasteiger partial charge in [-0.25, -0.2) is 0 Å². The molecular formula is C14H27N3OS. The van der Waals surface area contributed by atoms with Crippen LogP contribution in [0.4, 0.5) is 0 Å². The fraction of sp³-hybridized carbons (Fsp3) is 0.857. The number of carbonyl (C=O) groups excluding carboxylic acids is 1. The van der Waals surface area contributed by atoms with E-state index in [0.29, 0.717) is 4.99 Å². The first-order valence-electron chi connectivity index (χ1n) is 7.16. The zero-order valence-electron chi connectivity index (χ0n) is 12.6. The van der Waals surface area contributed by atoms with Gasteiger partial charge in [0.2, 0.25) is 5.91 Å². The Hall–Kier alpha value is -0.680. The molecule has 1 unspecified atom stereocenters. The van der Waals surface area contributed by atoms with Gasteiger partial charge in [-0.1, -0.05) is 39.9 Å². The predicted octanol–water partition coefficient (Wildman–Crippen LogP) is 1.63. The third-order valence-corrected chi connectivity index (χ3v) is 4.49. The number of carbonyl (C=O) groups is 1. The lowest BCUT2D eigenvalue weighted by molar-refractivity contribution is -0.142. The maximum absolute atomic E-state index is 12.4. The van der Waals surface area contributed by atoms with Crippen LogP contribution in [0.25, 0.3) is 0 Å². The van der Waals surface area contributed by atoms with Gasteiger partial charge in [-0.05, 0) is 12.8 Å². The average Bonchev–Trinajstić information content (AvgIpc) is 2.39. The van der Waals surface area contributed by atoms with Crippen LogP contribution < -0.4 is 5.73 Å². The summed E-state index contributed by atoms with van der Waals surface area (Å²) in [7, 11) is 0. The fourth-order valence-corrected chi connectivity index (χ4v) is 2.77. The monoisotopic (exact) mass is 285 g/mol. The summed E-state index contributed by atoms with van der Waals surface area (Å²) in [5.74, 6) is 0.262. The van der Waals surface area contributed by atoms with Crippen molar-refractivity contribution in [2.75, 3.05) is 26.2 Å². The third kappa shape index (κ3) is 3.89. The quantitative estimate of drug-likeness (QED) is 0.780. The van der Waals surface area contributed by atoms with Crippen molar-refractivity contribution in [3.63, 3.8) is 0 Å². The Morgan fingerprint density at radius 2 is 1.79 bits per heavy atom. The van der Waals surface area contributed by atoms with Crippen molar-refractivity contribution in [3.05, 3.63) is 0 Å². The second kappa shape index (κ2) is 6.66. The van der Waals surface area contributed by atoms with Crippen molar-refractivity contribution in [2.45, 2.75) is 46.6 Å². The fourth-order valence-electron chi connectivity index (χ4n) is 2.46. The molecule has 0 bridgehead atoms. The molecule has 1 aliphatic heterocycles. The van der Waals surface area contributed by atoms with E-state index in [4.69, 9.17) is 18.0 Å². The molecule has 1 heterocycles. The van der Waals surface area contributed by atoms with Crippen LogP contribution >= 0.6 is 12.2 Å². The first-order chi connectivity index (χ1) is 8.83. The Morgan fingerprint density at radius 1 is 1.26 bits per heavy atom. The molecule has 2 N–H and O–H groups in total. The van der Waals surface area contributed by atoms with Gasteiger partial charge >= 0.3 is 0 Å². The van der Waals surface area contributed by atoms with Crippen LogP contribution in [0.15, 0.2) is 0 Å². The third-order valence-electron chi connectivity index (χ3n) is 4.22. The van der Waals surface area contributed by atoms with Crippen LogP contribution in [0.2, 0.25) is 0 Å². The number of piperazine rings is 1. The van der Waals surface area contributed by atoms with Crippen molar-refractivity contribution in [2.24, 2.45) is 11.1 Å². The van der Waals surface area contributed by atoms with E-state index in [-0.39, 0.29) is 17.4 Å². The molecule has 0 aromatic heterocycles. The van der Waals surface area contributed by atoms with E-state index in [1.807, 2.05) is 18.7 Å². The Kier molecular flexibility index (Phi) is 5.74. The lowest BCUT2D eigenvalue weighted by Gasteiger charge is -2.41. The average molecular weight is 285 g/mol. The van der Waals surface area contributed by atoms with Gasteiger partial charge < -0.3 is 10.6 Å². The van der Waals surface area contributed by atoms with Gasteiger partial charge in [-0.3, -0.25) is 9.69 Å². The SMILES string of the molecule is CCC(C(N)=S)N1CCN(C(=O)C(C)(C)CC)CC1. The standard InChI is InChI=1S/C14H27N3OS/c1-5-11(12(15)19)16-7-9-17(10-8-16)13(18)14(3,4)6-2/h11H,5-10H2,1-4H3,(H2,15,19). The summed E-state index contributed by atoms with van der Waals surface area (Å²) < 4.78 is 0. The molecule has 0 radical (unpaired) electrons. The molecule has 1 aliphatic rings. The zero-order chi connectivity index (χ0) is 14.6. The summed E-state index contributed by atoms with van der Waals surface area (Å²) in [6, 6.07) is 0.173. The lowest BCUT2D eigenvalue weighted by Crippen LogP contribution is -2.56. The van der Waals surface area contributed by atoms with E-state index in [0.717, 1.165) is 39.0 Å². The number of amides is 1. The van der Waals surface area contributed by atoms with Crippen LogP contribution in [0.1, 0.15) is 40.5 Å². The van der Waals surface area contributed by atoms with E-state index in [1.165, 1.54) is 0 Å². The van der Waals surface area contributed by atoms with E-state index in [2.05, 4.69) is 18.7 Å². The van der Waals surface area contributed by atoms with E-state index < -0.39 is 0 Å². The predicted molar refractivity (Wildman–Crippen MR) is 83.1 cm³/mol. The van der Waals surface area contributed by atoms with Crippen molar-refractivity contribution < 1.29 is 4.79 Å². The van der Waals surface area contributed by atoms with E-state index in [1.54, 1.807) is 0 Å². The van der Waals surface area contributed by atoms with Gasteiger partial charge in [-0.2, -0.15) is 0 Å². The molecule has 1 rings (SSSR count). The van der Waals surface area contributed by atoms with Crippen molar-refractivity contribution in [3.8, 4) is 0 Å². The number of rotatable bonds is 5. The summed E-state index contributed by atoms with van der Waals surface area (Å²) >= 11 is 5.11. The van der Waals surface area contributed by atoms with Gasteiger partial charge in [0.1, 0.15) is 0 Å². The molecule has 0 aromatic carbocycles. The highest BCUT2D eigenvalue weighted by Crippen LogP contribution is 2.24. The van der Waals surface area contributed by atoms with Crippen molar-refractivity contribution in [1.29, 1.82) is 0 Å². The minimum absolute atomic E-state index is 0.173. The van der Waals surface area contributed by atoms with Gasteiger partial charge in [0.25, 0.3) is 0 Å². The highest BCUT2D eigenvalue weighted by atomic mass is 32.1. The number of thiocarbonyl (C=S) groups is 1. The summed E-state index contributed by atoms with van der Waals surface area (Å²) in [5, 5.41) is 0. The van der Waals surface area contributed by atoms with Crippen LogP contribution in [0.5, 0.6) is 0 Å². The molecule has 19 heavy (non-hydrogen) atoms. The second-order valence-electron chi connectivity index (χ2n) is 5.89. The number of hydrogen-bond donors (Lipinski definition) is 1. The Balaban J connectivity index is 2.58. The molecule has 0 aromatic rings. The normalized spacial score (nSPS) is 19.3. The topological polar surface area (TPSA) is 49.6 Å². The molecule has 1 amide bonds. The molecule has 5 heteroatoms. The molecule has 0 aliphatic carbocycles. The zero-order valence-corrected chi connectivity index (χ0v) is 13.4. The molecule has 4 nitrogen and oxygen atoms in total. The molecule has 110 valence electrons. The minimum Gasteiger partial charge on any atom is -0.392 e. The molecule has 1 atom stereocenters. The second-order valence-corrected chi connectivity index (χ2v) is 6.36. The van der Waals surface area contributed by atoms with Crippen LogP contribution in [0.3, 0.4) is 0 Å². The number of hydrogen-bond acceptors (Lipinski definition) is 3. The molecule has 1 fully saturated rings. The highest BCUT2D eigenvalue weighted by Gasteiger charge is 2.33. The highest BCUT2D eigenvalue weighted by molar-refractivity contribution is 7.80. The van der Waals surface area contributed by atoms with Crippen LogP contribution in [-0.2, 0) is 4.79 Å². The number of nitrogens with two attached hydrogens (primary N) is 1. The largest absolute Gasteiger partial charge is 0.392 e. The minimum atomic E-state index is -0.254. The van der Waals surface area contributed by atoms with E-state index in [9.17, 15) is 4.79 Å². The summed E-state index contributed by atoms with van der Waals surface area (Å²) in [4.78, 5) is 17.2. The Labute approximate surface area is 122 Å². The molecule has 1 saturated heterocycles. The first-order valence-corrected chi connectivity index (χ1v) is 7.57. The molecular weight excluding hydrogens is 258 g/mol. The summed E-state index contributed by atoms with van der Waals surface area (Å²) in [6.45, 7) is 11.5. The van der Waals surface area contributed by atoms with Gasteiger partial charge in [0.05, 0.1) is 11.0 Å². The van der Waals surface area contributed by atoms with Crippen LogP contribution in [-0.4, -0.2) is 52.9 Å². The first kappa shape index (κ1) is 16.4. The molecule has 0 saturated carbocycles. The maximum Gasteiger partial charge on any atom is 0.228 e. The van der Waals surface area contributed by atoms with Crippen LogP contribution in [0, 0.1) is 5.41 Å². The maximum atomic E-state index is 12.4. The smallest absolute Gasteiger partial charge is 0.228 e. The van der Waals surface area contributed by atoms with Gasteiger partial charge in [0, 0.05) is 31.6 Å². The Morgan fingerprint density at radius 3 is 2.16 bits per heavy atom. The Bertz CT molecular complexity index is 336. The number of nitrogens with zero attached hydrogens (tertiary/aromatic N) is 2. The molecule has 0 spiro atoms. The van der Waals surface area contributed by atoms with E-state index >= 15 is 0 Å². The summed E-state index contributed by atoms with van der Waals surface area (Å²) in [5.41, 5.74) is 5.52. The lowest BCUT2D eigenvalue weighted by atomic mass is 9.88. The van der Waals surface area contributed by atoms with Crippen molar-refractivity contribution in [1.82, 2.24) is 9.80 Å². The van der Waals surface area contributed by atoms with Crippen molar-refractivity contribution >= 4 is 23.1 Å².